The molecular weight excluding hydrogens is 328 g/mol. The van der Waals surface area contributed by atoms with E-state index in [9.17, 15) is 9.59 Å². The van der Waals surface area contributed by atoms with Gasteiger partial charge in [-0.05, 0) is 35.8 Å². The number of ether oxygens (including phenoxy) is 1. The highest BCUT2D eigenvalue weighted by molar-refractivity contribution is 5.80. The van der Waals surface area contributed by atoms with Crippen molar-refractivity contribution in [1.82, 2.24) is 10.2 Å². The van der Waals surface area contributed by atoms with E-state index in [0.29, 0.717) is 24.8 Å². The van der Waals surface area contributed by atoms with Crippen molar-refractivity contribution < 1.29 is 14.3 Å². The Morgan fingerprint density at radius 1 is 1.31 bits per heavy atom. The van der Waals surface area contributed by atoms with Crippen LogP contribution in [-0.2, 0) is 14.9 Å². The van der Waals surface area contributed by atoms with Gasteiger partial charge in [0.2, 0.25) is 5.91 Å². The van der Waals surface area contributed by atoms with Crippen LogP contribution in [0.4, 0.5) is 4.79 Å². The summed E-state index contributed by atoms with van der Waals surface area (Å²) < 4.78 is 4.60. The van der Waals surface area contributed by atoms with Gasteiger partial charge in [-0.3, -0.25) is 4.79 Å². The third kappa shape index (κ3) is 3.44. The standard InChI is InChI=1S/C21H30N2O3/c1-5-15(11-22-20(25)26-4)19(24)23-12-18-10-21(18,13-23)17-8-6-16(7-9-17)14(2)3/h6-9,14-15,18H,5,10-13H2,1-4H3,(H,22,25). The van der Waals surface area contributed by atoms with Gasteiger partial charge in [-0.1, -0.05) is 45.0 Å². The fraction of sp³-hybridized carbons (Fsp3) is 0.619. The molecule has 142 valence electrons. The number of hydrogen-bond acceptors (Lipinski definition) is 3. The molecule has 1 N–H and O–H groups in total. The van der Waals surface area contributed by atoms with Crippen molar-refractivity contribution in [2.45, 2.75) is 44.9 Å². The average Bonchev–Trinajstić information content (AvgIpc) is 3.23. The van der Waals surface area contributed by atoms with Crippen molar-refractivity contribution in [3.8, 4) is 0 Å². The predicted octanol–water partition coefficient (Wildman–Crippen LogP) is 3.29. The van der Waals surface area contributed by atoms with E-state index in [1.807, 2.05) is 11.8 Å². The molecule has 5 nitrogen and oxygen atoms in total. The molecular formula is C21H30N2O3. The molecule has 0 spiro atoms. The number of alkyl carbamates (subject to hydrolysis) is 1. The molecule has 1 aromatic rings. The summed E-state index contributed by atoms with van der Waals surface area (Å²) in [6.45, 7) is 8.36. The van der Waals surface area contributed by atoms with E-state index in [4.69, 9.17) is 0 Å². The topological polar surface area (TPSA) is 58.6 Å². The first-order valence-corrected chi connectivity index (χ1v) is 9.62. The maximum Gasteiger partial charge on any atom is 0.406 e. The first-order chi connectivity index (χ1) is 12.4. The predicted molar refractivity (Wildman–Crippen MR) is 101 cm³/mol. The van der Waals surface area contributed by atoms with Gasteiger partial charge in [0, 0.05) is 25.0 Å². The Bertz CT molecular complexity index is 670. The van der Waals surface area contributed by atoms with E-state index < -0.39 is 6.09 Å². The van der Waals surface area contributed by atoms with Gasteiger partial charge in [0.15, 0.2) is 0 Å². The Balaban J connectivity index is 1.64. The lowest BCUT2D eigenvalue weighted by Gasteiger charge is -2.26. The van der Waals surface area contributed by atoms with Gasteiger partial charge in [0.05, 0.1) is 13.0 Å². The maximum atomic E-state index is 12.9. The quantitative estimate of drug-likeness (QED) is 0.849. The molecule has 0 radical (unpaired) electrons. The second-order valence-electron chi connectivity index (χ2n) is 8.03. The van der Waals surface area contributed by atoms with Gasteiger partial charge in [-0.25, -0.2) is 4.79 Å². The van der Waals surface area contributed by atoms with Crippen molar-refractivity contribution in [3.63, 3.8) is 0 Å². The second-order valence-corrected chi connectivity index (χ2v) is 8.03. The molecule has 2 amide bonds. The zero-order chi connectivity index (χ0) is 18.9. The highest BCUT2D eigenvalue weighted by atomic mass is 16.5. The summed E-state index contributed by atoms with van der Waals surface area (Å²) in [5.74, 6) is 1.06. The molecule has 1 aromatic carbocycles. The number of benzene rings is 1. The zero-order valence-corrected chi connectivity index (χ0v) is 16.2. The van der Waals surface area contributed by atoms with E-state index in [0.717, 1.165) is 13.1 Å². The Kier molecular flexibility index (Phi) is 5.26. The number of hydrogen-bond donors (Lipinski definition) is 1. The van der Waals surface area contributed by atoms with Crippen LogP contribution in [0, 0.1) is 11.8 Å². The van der Waals surface area contributed by atoms with E-state index in [2.05, 4.69) is 48.2 Å². The Labute approximate surface area is 156 Å². The number of likely N-dealkylation sites (tertiary alicyclic amines) is 1. The number of fused-ring (bicyclic) bond motifs is 1. The van der Waals surface area contributed by atoms with Crippen molar-refractivity contribution in [2.75, 3.05) is 26.7 Å². The number of piperidine rings is 1. The molecule has 1 heterocycles. The van der Waals surface area contributed by atoms with E-state index in [-0.39, 0.29) is 17.2 Å². The average molecular weight is 358 g/mol. The summed E-state index contributed by atoms with van der Waals surface area (Å²) >= 11 is 0. The van der Waals surface area contributed by atoms with Crippen molar-refractivity contribution >= 4 is 12.0 Å². The van der Waals surface area contributed by atoms with Crippen LogP contribution in [0.5, 0.6) is 0 Å². The van der Waals surface area contributed by atoms with Crippen LogP contribution in [-0.4, -0.2) is 43.6 Å². The minimum absolute atomic E-state index is 0.147. The van der Waals surface area contributed by atoms with Crippen LogP contribution < -0.4 is 5.32 Å². The lowest BCUT2D eigenvalue weighted by atomic mass is 9.92. The summed E-state index contributed by atoms with van der Waals surface area (Å²) in [7, 11) is 1.33. The van der Waals surface area contributed by atoms with Gasteiger partial charge in [-0.15, -0.1) is 0 Å². The van der Waals surface area contributed by atoms with Gasteiger partial charge in [-0.2, -0.15) is 0 Å². The maximum absolute atomic E-state index is 12.9. The summed E-state index contributed by atoms with van der Waals surface area (Å²) in [6, 6.07) is 8.95. The number of carbonyl (C=O) groups is 2. The first kappa shape index (κ1) is 18.7. The number of nitrogens with one attached hydrogen (secondary N) is 1. The number of rotatable bonds is 6. The highest BCUT2D eigenvalue weighted by Gasteiger charge is 2.61. The van der Waals surface area contributed by atoms with Crippen LogP contribution in [0.15, 0.2) is 24.3 Å². The highest BCUT2D eigenvalue weighted by Crippen LogP contribution is 2.59. The number of nitrogens with zero attached hydrogens (tertiary/aromatic N) is 1. The number of amides is 2. The van der Waals surface area contributed by atoms with Crippen LogP contribution >= 0.6 is 0 Å². The Morgan fingerprint density at radius 2 is 2.00 bits per heavy atom. The summed E-state index contributed by atoms with van der Waals surface area (Å²) in [5.41, 5.74) is 2.87. The molecule has 3 atom stereocenters. The Morgan fingerprint density at radius 3 is 2.58 bits per heavy atom. The lowest BCUT2D eigenvalue weighted by molar-refractivity contribution is -0.135. The monoisotopic (exact) mass is 358 g/mol. The van der Waals surface area contributed by atoms with Crippen molar-refractivity contribution in [2.24, 2.45) is 11.8 Å². The number of methoxy groups -OCH3 is 1. The molecule has 0 bridgehead atoms. The molecule has 1 aliphatic heterocycles. The second kappa shape index (κ2) is 7.29. The van der Waals surface area contributed by atoms with Crippen LogP contribution in [0.1, 0.15) is 50.7 Å². The Hall–Kier alpha value is -2.04. The molecule has 1 saturated heterocycles. The normalized spacial score (nSPS) is 25.0. The van der Waals surface area contributed by atoms with Crippen LogP contribution in [0.25, 0.3) is 0 Å². The van der Waals surface area contributed by atoms with Crippen molar-refractivity contribution in [1.29, 1.82) is 0 Å². The molecule has 0 aromatic heterocycles. The molecule has 2 aliphatic rings. The molecule has 2 fully saturated rings. The van der Waals surface area contributed by atoms with E-state index >= 15 is 0 Å². The summed E-state index contributed by atoms with van der Waals surface area (Å²) in [4.78, 5) is 26.2. The molecule has 1 aliphatic carbocycles. The minimum Gasteiger partial charge on any atom is -0.453 e. The molecule has 1 saturated carbocycles. The van der Waals surface area contributed by atoms with E-state index in [1.54, 1.807) is 0 Å². The molecule has 3 unspecified atom stereocenters. The fourth-order valence-electron chi connectivity index (χ4n) is 4.24. The minimum atomic E-state index is -0.484. The smallest absolute Gasteiger partial charge is 0.406 e. The molecule has 5 heteroatoms. The largest absolute Gasteiger partial charge is 0.453 e. The first-order valence-electron chi connectivity index (χ1n) is 9.62. The van der Waals surface area contributed by atoms with Gasteiger partial charge in [0.25, 0.3) is 0 Å². The van der Waals surface area contributed by atoms with E-state index in [1.165, 1.54) is 24.7 Å². The SMILES string of the molecule is CCC(CNC(=O)OC)C(=O)N1CC2CC2(c2ccc(C(C)C)cc2)C1. The summed E-state index contributed by atoms with van der Waals surface area (Å²) in [5, 5.41) is 2.66. The zero-order valence-electron chi connectivity index (χ0n) is 16.2. The fourth-order valence-corrected chi connectivity index (χ4v) is 4.24. The third-order valence-electron chi connectivity index (χ3n) is 6.13. The lowest BCUT2D eigenvalue weighted by Crippen LogP contribution is -2.42. The van der Waals surface area contributed by atoms with Crippen molar-refractivity contribution in [3.05, 3.63) is 35.4 Å². The summed E-state index contributed by atoms with van der Waals surface area (Å²) in [6.07, 6.45) is 1.40. The third-order valence-corrected chi connectivity index (χ3v) is 6.13. The van der Waals surface area contributed by atoms with Crippen LogP contribution in [0.2, 0.25) is 0 Å². The number of carbonyl (C=O) groups excluding carboxylic acids is 2. The molecule has 3 rings (SSSR count). The van der Waals surface area contributed by atoms with Gasteiger partial charge in [0.1, 0.15) is 0 Å². The van der Waals surface area contributed by atoms with Crippen LogP contribution in [0.3, 0.4) is 0 Å². The van der Waals surface area contributed by atoms with Gasteiger partial charge < -0.3 is 15.0 Å². The molecule has 26 heavy (non-hydrogen) atoms. The van der Waals surface area contributed by atoms with Gasteiger partial charge >= 0.3 is 6.09 Å².